The van der Waals surface area contributed by atoms with Crippen molar-refractivity contribution in [3.05, 3.63) is 31.1 Å². The predicted molar refractivity (Wildman–Crippen MR) is 60.9 cm³/mol. The molecule has 2 nitrogen and oxygen atoms in total. The molecule has 1 aromatic rings. The average molecular weight is 373 g/mol. The van der Waals surface area contributed by atoms with Gasteiger partial charge in [0, 0.05) is 13.4 Å². The Labute approximate surface area is 101 Å². The SMILES string of the molecule is O=C(O)Cc1c(Br)cc(Br)cc1Br. The molecule has 0 bridgehead atoms. The van der Waals surface area contributed by atoms with Crippen LogP contribution in [0.1, 0.15) is 5.56 Å². The van der Waals surface area contributed by atoms with Crippen LogP contribution in [-0.2, 0) is 11.2 Å². The topological polar surface area (TPSA) is 37.3 Å². The summed E-state index contributed by atoms with van der Waals surface area (Å²) in [4.78, 5) is 10.5. The van der Waals surface area contributed by atoms with E-state index in [0.717, 1.165) is 19.0 Å². The molecule has 5 heteroatoms. The smallest absolute Gasteiger partial charge is 0.307 e. The number of hydrogen-bond donors (Lipinski definition) is 1. The van der Waals surface area contributed by atoms with Gasteiger partial charge < -0.3 is 5.11 Å². The van der Waals surface area contributed by atoms with Crippen LogP contribution in [-0.4, -0.2) is 11.1 Å². The zero-order valence-electron chi connectivity index (χ0n) is 6.35. The molecule has 0 saturated carbocycles. The van der Waals surface area contributed by atoms with E-state index in [1.54, 1.807) is 0 Å². The van der Waals surface area contributed by atoms with E-state index in [1.165, 1.54) is 0 Å². The molecule has 0 amide bonds. The lowest BCUT2D eigenvalue weighted by molar-refractivity contribution is -0.136. The number of carboxylic acid groups (broad SMARTS) is 1. The molecule has 0 saturated heterocycles. The summed E-state index contributed by atoms with van der Waals surface area (Å²) >= 11 is 9.91. The maximum absolute atomic E-state index is 10.5. The van der Waals surface area contributed by atoms with Crippen LogP contribution in [0.15, 0.2) is 25.6 Å². The minimum absolute atomic E-state index is 0.00838. The summed E-state index contributed by atoms with van der Waals surface area (Å²) in [6.07, 6.45) is 0.00838. The summed E-state index contributed by atoms with van der Waals surface area (Å²) in [6, 6.07) is 3.64. The molecule has 0 heterocycles. The summed E-state index contributed by atoms with van der Waals surface area (Å²) in [5.74, 6) is -0.844. The number of hydrogen-bond acceptors (Lipinski definition) is 1. The number of rotatable bonds is 2. The predicted octanol–water partition coefficient (Wildman–Crippen LogP) is 3.60. The summed E-state index contributed by atoms with van der Waals surface area (Å²) in [6.45, 7) is 0. The normalized spacial score (nSPS) is 10.1. The van der Waals surface area contributed by atoms with Crippen molar-refractivity contribution in [3.63, 3.8) is 0 Å². The number of halogens is 3. The summed E-state index contributed by atoms with van der Waals surface area (Å²) in [5, 5.41) is 8.63. The van der Waals surface area contributed by atoms with Crippen LogP contribution in [0, 0.1) is 0 Å². The summed E-state index contributed by atoms with van der Waals surface area (Å²) in [5.41, 5.74) is 0.746. The Morgan fingerprint density at radius 1 is 1.23 bits per heavy atom. The Morgan fingerprint density at radius 3 is 2.08 bits per heavy atom. The molecular weight excluding hydrogens is 368 g/mol. The molecule has 1 aromatic carbocycles. The lowest BCUT2D eigenvalue weighted by Gasteiger charge is -2.05. The maximum Gasteiger partial charge on any atom is 0.307 e. The molecule has 0 aliphatic carbocycles. The third-order valence-corrected chi connectivity index (χ3v) is 3.31. The molecule has 0 aromatic heterocycles. The van der Waals surface area contributed by atoms with E-state index < -0.39 is 5.97 Å². The second-order valence-electron chi connectivity index (χ2n) is 2.42. The monoisotopic (exact) mass is 370 g/mol. The van der Waals surface area contributed by atoms with Crippen LogP contribution in [0.3, 0.4) is 0 Å². The minimum atomic E-state index is -0.844. The van der Waals surface area contributed by atoms with E-state index >= 15 is 0 Å². The van der Waals surface area contributed by atoms with Crippen molar-refractivity contribution in [1.29, 1.82) is 0 Å². The fourth-order valence-electron chi connectivity index (χ4n) is 0.892. The largest absolute Gasteiger partial charge is 0.481 e. The van der Waals surface area contributed by atoms with Gasteiger partial charge in [0.2, 0.25) is 0 Å². The van der Waals surface area contributed by atoms with Crippen molar-refractivity contribution in [2.75, 3.05) is 0 Å². The Bertz CT molecular complexity index is 326. The molecule has 0 fully saturated rings. The lowest BCUT2D eigenvalue weighted by Crippen LogP contribution is -2.01. The highest BCUT2D eigenvalue weighted by molar-refractivity contribution is 9.11. The van der Waals surface area contributed by atoms with Crippen LogP contribution in [0.2, 0.25) is 0 Å². The quantitative estimate of drug-likeness (QED) is 0.861. The van der Waals surface area contributed by atoms with E-state index in [2.05, 4.69) is 47.8 Å². The van der Waals surface area contributed by atoms with Crippen molar-refractivity contribution >= 4 is 53.8 Å². The molecule has 0 atom stereocenters. The van der Waals surface area contributed by atoms with E-state index in [9.17, 15) is 4.79 Å². The summed E-state index contributed by atoms with van der Waals surface area (Å²) < 4.78 is 2.48. The van der Waals surface area contributed by atoms with Gasteiger partial charge in [-0.1, -0.05) is 47.8 Å². The molecule has 1 N–H and O–H groups in total. The van der Waals surface area contributed by atoms with Gasteiger partial charge in [0.15, 0.2) is 0 Å². The maximum atomic E-state index is 10.5. The molecule has 0 aliphatic heterocycles. The Balaban J connectivity index is 3.13. The van der Waals surface area contributed by atoms with Gasteiger partial charge in [-0.05, 0) is 17.7 Å². The fourth-order valence-corrected chi connectivity index (χ4v) is 3.43. The molecule has 0 aliphatic rings. The fraction of sp³-hybridized carbons (Fsp3) is 0.125. The van der Waals surface area contributed by atoms with Crippen LogP contribution in [0.25, 0.3) is 0 Å². The van der Waals surface area contributed by atoms with E-state index in [1.807, 2.05) is 12.1 Å². The molecule has 0 spiro atoms. The van der Waals surface area contributed by atoms with Gasteiger partial charge in [0.25, 0.3) is 0 Å². The van der Waals surface area contributed by atoms with Crippen LogP contribution < -0.4 is 0 Å². The highest BCUT2D eigenvalue weighted by Gasteiger charge is 2.09. The van der Waals surface area contributed by atoms with Crippen LogP contribution in [0.4, 0.5) is 0 Å². The number of benzene rings is 1. The second-order valence-corrected chi connectivity index (χ2v) is 5.04. The van der Waals surface area contributed by atoms with Crippen molar-refractivity contribution in [2.24, 2.45) is 0 Å². The Morgan fingerprint density at radius 2 is 1.69 bits per heavy atom. The van der Waals surface area contributed by atoms with E-state index in [4.69, 9.17) is 5.11 Å². The van der Waals surface area contributed by atoms with Gasteiger partial charge in [-0.3, -0.25) is 4.79 Å². The molecule has 0 unspecified atom stereocenters. The van der Waals surface area contributed by atoms with Crippen molar-refractivity contribution in [3.8, 4) is 0 Å². The number of carbonyl (C=O) groups is 1. The zero-order valence-corrected chi connectivity index (χ0v) is 11.1. The van der Waals surface area contributed by atoms with Gasteiger partial charge in [-0.25, -0.2) is 0 Å². The Hall–Kier alpha value is 0.130. The van der Waals surface area contributed by atoms with Crippen molar-refractivity contribution in [1.82, 2.24) is 0 Å². The molecule has 1 rings (SSSR count). The second kappa shape index (κ2) is 4.57. The summed E-state index contributed by atoms with van der Waals surface area (Å²) in [7, 11) is 0. The van der Waals surface area contributed by atoms with Crippen molar-refractivity contribution < 1.29 is 9.90 Å². The molecule has 0 radical (unpaired) electrons. The zero-order chi connectivity index (χ0) is 10.0. The first-order valence-electron chi connectivity index (χ1n) is 3.36. The van der Waals surface area contributed by atoms with Crippen LogP contribution >= 0.6 is 47.8 Å². The third-order valence-electron chi connectivity index (χ3n) is 1.43. The van der Waals surface area contributed by atoms with Crippen molar-refractivity contribution in [2.45, 2.75) is 6.42 Å². The van der Waals surface area contributed by atoms with Gasteiger partial charge in [-0.15, -0.1) is 0 Å². The average Bonchev–Trinajstić information content (AvgIpc) is 1.96. The van der Waals surface area contributed by atoms with Gasteiger partial charge in [-0.2, -0.15) is 0 Å². The van der Waals surface area contributed by atoms with E-state index in [0.29, 0.717) is 0 Å². The molecular formula is C8H5Br3O2. The number of aliphatic carboxylic acids is 1. The lowest BCUT2D eigenvalue weighted by atomic mass is 10.1. The number of carboxylic acids is 1. The Kier molecular flexibility index (Phi) is 3.94. The highest BCUT2D eigenvalue weighted by Crippen LogP contribution is 2.30. The first-order valence-corrected chi connectivity index (χ1v) is 5.74. The third kappa shape index (κ3) is 3.07. The van der Waals surface area contributed by atoms with E-state index in [-0.39, 0.29) is 6.42 Å². The first kappa shape index (κ1) is 11.2. The minimum Gasteiger partial charge on any atom is -0.481 e. The first-order chi connectivity index (χ1) is 6.00. The van der Waals surface area contributed by atoms with Crippen LogP contribution in [0.5, 0.6) is 0 Å². The van der Waals surface area contributed by atoms with Gasteiger partial charge in [0.05, 0.1) is 6.42 Å². The highest BCUT2D eigenvalue weighted by atomic mass is 79.9. The molecule has 70 valence electrons. The standard InChI is InChI=1S/C8H5Br3O2/c9-4-1-6(10)5(3-8(12)13)7(11)2-4/h1-2H,3H2,(H,12,13). The molecule has 13 heavy (non-hydrogen) atoms. The van der Waals surface area contributed by atoms with Gasteiger partial charge >= 0.3 is 5.97 Å². The van der Waals surface area contributed by atoms with Gasteiger partial charge in [0.1, 0.15) is 0 Å².